The Morgan fingerprint density at radius 3 is 2.34 bits per heavy atom. The molecule has 0 radical (unpaired) electrons. The molecule has 1 atom stereocenters. The van der Waals surface area contributed by atoms with E-state index < -0.39 is 0 Å². The number of hydrogen-bond acceptors (Lipinski definition) is 1. The molecule has 1 aliphatic rings. The lowest BCUT2D eigenvalue weighted by Gasteiger charge is -2.31. The van der Waals surface area contributed by atoms with Gasteiger partial charge in [0, 0.05) is 21.5 Å². The lowest BCUT2D eigenvalue weighted by atomic mass is 9.79. The van der Waals surface area contributed by atoms with E-state index in [1.807, 2.05) is 0 Å². The monoisotopic (exact) mass is 440 g/mol. The average molecular weight is 441 g/mol. The maximum atomic E-state index is 6.45. The normalized spacial score (nSPS) is 14.6. The van der Waals surface area contributed by atoms with Gasteiger partial charge in [0.05, 0.1) is 0 Å². The summed E-state index contributed by atoms with van der Waals surface area (Å²) >= 11 is 3.61. The molecule has 1 heterocycles. The van der Waals surface area contributed by atoms with E-state index in [0.29, 0.717) is 0 Å². The van der Waals surface area contributed by atoms with E-state index in [4.69, 9.17) is 4.74 Å². The van der Waals surface area contributed by atoms with Gasteiger partial charge in [-0.1, -0.05) is 102 Å². The summed E-state index contributed by atoms with van der Waals surface area (Å²) in [6.45, 7) is 2.18. The molecule has 0 amide bonds. The fourth-order valence-electron chi connectivity index (χ4n) is 4.31. The second-order valence-electron chi connectivity index (χ2n) is 7.36. The van der Waals surface area contributed by atoms with E-state index >= 15 is 0 Å². The third kappa shape index (κ3) is 3.18. The standard InChI is InChI=1S/C27H21BrO/c1-2-18-11-8-14-24-26(23-16-15-20(28)17-25(23)29-27(18)24)22-13-7-6-12-21(22)19-9-4-3-5-10-19/h3-17,26H,2H2,1H3. The van der Waals surface area contributed by atoms with E-state index in [0.717, 1.165) is 22.4 Å². The summed E-state index contributed by atoms with van der Waals surface area (Å²) in [5.74, 6) is 2.07. The topological polar surface area (TPSA) is 9.23 Å². The Bertz CT molecular complexity index is 1180. The first-order chi connectivity index (χ1) is 14.3. The van der Waals surface area contributed by atoms with Gasteiger partial charge in [0.1, 0.15) is 11.5 Å². The predicted molar refractivity (Wildman–Crippen MR) is 123 cm³/mol. The van der Waals surface area contributed by atoms with E-state index in [2.05, 4.69) is 114 Å². The SMILES string of the molecule is CCc1cccc2c1Oc1cc(Br)ccc1C2c1ccccc1-c1ccccc1. The highest BCUT2D eigenvalue weighted by atomic mass is 79.9. The van der Waals surface area contributed by atoms with Crippen molar-refractivity contribution in [2.24, 2.45) is 0 Å². The molecule has 0 saturated heterocycles. The predicted octanol–water partition coefficient (Wildman–Crippen LogP) is 7.96. The smallest absolute Gasteiger partial charge is 0.134 e. The molecule has 0 bridgehead atoms. The number of ether oxygens (including phenoxy) is 1. The summed E-state index contributed by atoms with van der Waals surface area (Å²) in [5, 5.41) is 0. The second kappa shape index (κ2) is 7.53. The molecule has 0 N–H and O–H groups in total. The fraction of sp³-hybridized carbons (Fsp3) is 0.111. The van der Waals surface area contributed by atoms with Crippen LogP contribution < -0.4 is 4.74 Å². The summed E-state index contributed by atoms with van der Waals surface area (Å²) in [5.41, 5.74) is 7.50. The summed E-state index contributed by atoms with van der Waals surface area (Å²) in [7, 11) is 0. The van der Waals surface area contributed by atoms with Crippen molar-refractivity contribution in [2.45, 2.75) is 19.3 Å². The molecule has 4 aromatic carbocycles. The molecule has 1 nitrogen and oxygen atoms in total. The van der Waals surface area contributed by atoms with Gasteiger partial charge in [-0.25, -0.2) is 0 Å². The van der Waals surface area contributed by atoms with Gasteiger partial charge < -0.3 is 4.74 Å². The van der Waals surface area contributed by atoms with Gasteiger partial charge in [0.15, 0.2) is 0 Å². The molecule has 1 unspecified atom stereocenters. The molecule has 4 aromatic rings. The minimum Gasteiger partial charge on any atom is -0.456 e. The third-order valence-corrected chi connectivity index (χ3v) is 6.17. The molecule has 0 aromatic heterocycles. The second-order valence-corrected chi connectivity index (χ2v) is 8.28. The Morgan fingerprint density at radius 1 is 0.759 bits per heavy atom. The largest absolute Gasteiger partial charge is 0.456 e. The van der Waals surface area contributed by atoms with Crippen LogP contribution in [0, 0.1) is 0 Å². The first-order valence-corrected chi connectivity index (χ1v) is 10.8. The van der Waals surface area contributed by atoms with Crippen LogP contribution in [0.1, 0.15) is 35.1 Å². The van der Waals surface area contributed by atoms with Crippen molar-refractivity contribution in [3.05, 3.63) is 118 Å². The van der Waals surface area contributed by atoms with Gasteiger partial charge in [0.2, 0.25) is 0 Å². The minimum absolute atomic E-state index is 0.129. The number of benzene rings is 4. The van der Waals surface area contributed by atoms with Crippen LogP contribution in [0.25, 0.3) is 11.1 Å². The quantitative estimate of drug-likeness (QED) is 0.276. The highest BCUT2D eigenvalue weighted by molar-refractivity contribution is 9.10. The van der Waals surface area contributed by atoms with Crippen LogP contribution >= 0.6 is 15.9 Å². The fourth-order valence-corrected chi connectivity index (χ4v) is 4.65. The molecule has 0 aliphatic carbocycles. The number of halogens is 1. The molecule has 29 heavy (non-hydrogen) atoms. The van der Waals surface area contributed by atoms with Gasteiger partial charge in [0.25, 0.3) is 0 Å². The molecule has 0 spiro atoms. The van der Waals surface area contributed by atoms with Crippen molar-refractivity contribution in [1.29, 1.82) is 0 Å². The van der Waals surface area contributed by atoms with Crippen LogP contribution in [-0.2, 0) is 6.42 Å². The van der Waals surface area contributed by atoms with Gasteiger partial charge in [-0.05, 0) is 40.8 Å². The van der Waals surface area contributed by atoms with Crippen LogP contribution in [0.2, 0.25) is 0 Å². The van der Waals surface area contributed by atoms with E-state index in [-0.39, 0.29) is 5.92 Å². The Labute approximate surface area is 180 Å². The number of aryl methyl sites for hydroxylation is 1. The number of fused-ring (bicyclic) bond motifs is 2. The average Bonchev–Trinajstić information content (AvgIpc) is 2.77. The van der Waals surface area contributed by atoms with Crippen LogP contribution in [0.15, 0.2) is 95.5 Å². The molecule has 1 aliphatic heterocycles. The molecular weight excluding hydrogens is 420 g/mol. The highest BCUT2D eigenvalue weighted by Crippen LogP contribution is 2.50. The molecule has 0 fully saturated rings. The van der Waals surface area contributed by atoms with Crippen molar-refractivity contribution in [2.75, 3.05) is 0 Å². The number of para-hydroxylation sites is 1. The van der Waals surface area contributed by atoms with E-state index in [1.165, 1.54) is 33.4 Å². The van der Waals surface area contributed by atoms with Crippen LogP contribution in [0.5, 0.6) is 11.5 Å². The maximum absolute atomic E-state index is 6.45. The first-order valence-electron chi connectivity index (χ1n) is 9.99. The van der Waals surface area contributed by atoms with Crippen molar-refractivity contribution in [1.82, 2.24) is 0 Å². The molecule has 142 valence electrons. The third-order valence-electron chi connectivity index (χ3n) is 5.67. The minimum atomic E-state index is 0.129. The summed E-state index contributed by atoms with van der Waals surface area (Å²) in [6.07, 6.45) is 0.944. The lowest BCUT2D eigenvalue weighted by molar-refractivity contribution is 0.447. The Hall–Kier alpha value is -2.84. The summed E-state index contributed by atoms with van der Waals surface area (Å²) < 4.78 is 7.48. The van der Waals surface area contributed by atoms with Crippen molar-refractivity contribution in [3.8, 4) is 22.6 Å². The Morgan fingerprint density at radius 2 is 1.52 bits per heavy atom. The molecule has 2 heteroatoms. The van der Waals surface area contributed by atoms with Gasteiger partial charge >= 0.3 is 0 Å². The van der Waals surface area contributed by atoms with Gasteiger partial charge in [-0.15, -0.1) is 0 Å². The van der Waals surface area contributed by atoms with Gasteiger partial charge in [-0.3, -0.25) is 0 Å². The summed E-state index contributed by atoms with van der Waals surface area (Å²) in [6, 6.07) is 32.3. The van der Waals surface area contributed by atoms with Gasteiger partial charge in [-0.2, -0.15) is 0 Å². The van der Waals surface area contributed by atoms with Crippen LogP contribution in [0.4, 0.5) is 0 Å². The maximum Gasteiger partial charge on any atom is 0.134 e. The summed E-state index contributed by atoms with van der Waals surface area (Å²) in [4.78, 5) is 0. The zero-order valence-electron chi connectivity index (χ0n) is 16.2. The van der Waals surface area contributed by atoms with Crippen molar-refractivity contribution in [3.63, 3.8) is 0 Å². The Kier molecular flexibility index (Phi) is 4.73. The number of rotatable bonds is 3. The highest BCUT2D eigenvalue weighted by Gasteiger charge is 2.31. The number of hydrogen-bond donors (Lipinski definition) is 0. The molecular formula is C27H21BrO. The van der Waals surface area contributed by atoms with Crippen LogP contribution in [-0.4, -0.2) is 0 Å². The van der Waals surface area contributed by atoms with Crippen molar-refractivity contribution >= 4 is 15.9 Å². The first kappa shape index (κ1) is 18.2. The zero-order chi connectivity index (χ0) is 19.8. The van der Waals surface area contributed by atoms with E-state index in [1.54, 1.807) is 0 Å². The lowest BCUT2D eigenvalue weighted by Crippen LogP contribution is -2.14. The van der Waals surface area contributed by atoms with E-state index in [9.17, 15) is 0 Å². The Balaban J connectivity index is 1.79. The molecule has 5 rings (SSSR count). The van der Waals surface area contributed by atoms with Crippen molar-refractivity contribution < 1.29 is 4.74 Å². The zero-order valence-corrected chi connectivity index (χ0v) is 17.8. The molecule has 0 saturated carbocycles. The van der Waals surface area contributed by atoms with Crippen LogP contribution in [0.3, 0.4) is 0 Å².